The fourth-order valence-electron chi connectivity index (χ4n) is 4.87. The average Bonchev–Trinajstić information content (AvgIpc) is 3.70. The highest BCUT2D eigenvalue weighted by atomic mass is 19.4. The van der Waals surface area contributed by atoms with Crippen LogP contribution in [0.4, 0.5) is 24.5 Å². The second kappa shape index (κ2) is 10.1. The lowest BCUT2D eigenvalue weighted by Gasteiger charge is -2.26. The highest BCUT2D eigenvalue weighted by Crippen LogP contribution is 2.38. The Kier molecular flexibility index (Phi) is 6.92. The van der Waals surface area contributed by atoms with E-state index in [2.05, 4.69) is 14.8 Å². The van der Waals surface area contributed by atoms with Gasteiger partial charge in [0, 0.05) is 49.7 Å². The Hall–Kier alpha value is -3.43. The molecular formula is C28H29F3N4O2. The first kappa shape index (κ1) is 25.2. The maximum Gasteiger partial charge on any atom is 0.416 e. The molecule has 5 rings (SSSR count). The molecule has 0 bridgehead atoms. The number of hydrogen-bond donors (Lipinski definition) is 2. The predicted molar refractivity (Wildman–Crippen MR) is 135 cm³/mol. The van der Waals surface area contributed by atoms with Crippen molar-refractivity contribution >= 4 is 17.3 Å². The second-order valence-electron chi connectivity index (χ2n) is 9.80. The molecule has 194 valence electrons. The van der Waals surface area contributed by atoms with Gasteiger partial charge in [-0.3, -0.25) is 9.69 Å². The standard InChI is InChI=1S/C28H29F3N4O2/c29-28(30,31)22-4-6-23(7-5-22)35-11-10-34(16-18-1-2-18)17-21-15-20(3-8-26(21)35)24-13-19(9-12-36)14-25(33-24)27(32)37/h3-8,13-15,18,36H,1-2,9-12,16-17H2,(H2,32,37). The van der Waals surface area contributed by atoms with Gasteiger partial charge < -0.3 is 15.7 Å². The van der Waals surface area contributed by atoms with E-state index in [-0.39, 0.29) is 12.3 Å². The number of alkyl halides is 3. The van der Waals surface area contributed by atoms with Crippen molar-refractivity contribution in [3.8, 4) is 11.3 Å². The highest BCUT2D eigenvalue weighted by molar-refractivity contribution is 5.91. The van der Waals surface area contributed by atoms with Gasteiger partial charge >= 0.3 is 6.18 Å². The smallest absolute Gasteiger partial charge is 0.396 e. The van der Waals surface area contributed by atoms with E-state index in [1.54, 1.807) is 6.07 Å². The van der Waals surface area contributed by atoms with E-state index >= 15 is 0 Å². The number of hydrogen-bond acceptors (Lipinski definition) is 5. The summed E-state index contributed by atoms with van der Waals surface area (Å²) in [5.74, 6) is 0.0547. The number of pyridine rings is 1. The minimum atomic E-state index is -4.38. The van der Waals surface area contributed by atoms with Crippen molar-refractivity contribution in [1.82, 2.24) is 9.88 Å². The molecule has 1 saturated carbocycles. The molecule has 9 heteroatoms. The third kappa shape index (κ3) is 5.78. The summed E-state index contributed by atoms with van der Waals surface area (Å²) in [5, 5.41) is 9.40. The van der Waals surface area contributed by atoms with Gasteiger partial charge in [-0.2, -0.15) is 13.2 Å². The first-order valence-electron chi connectivity index (χ1n) is 12.4. The van der Waals surface area contributed by atoms with Crippen LogP contribution < -0.4 is 10.6 Å². The number of amides is 1. The summed E-state index contributed by atoms with van der Waals surface area (Å²) in [6.07, 6.45) is -1.56. The van der Waals surface area contributed by atoms with Gasteiger partial charge in [-0.1, -0.05) is 6.07 Å². The maximum atomic E-state index is 13.1. The van der Waals surface area contributed by atoms with E-state index in [4.69, 9.17) is 5.73 Å². The summed E-state index contributed by atoms with van der Waals surface area (Å²) >= 11 is 0. The van der Waals surface area contributed by atoms with Crippen LogP contribution in [0, 0.1) is 5.92 Å². The summed E-state index contributed by atoms with van der Waals surface area (Å²) < 4.78 is 39.4. The number of anilines is 2. The van der Waals surface area contributed by atoms with E-state index in [0.29, 0.717) is 36.8 Å². The third-order valence-electron chi connectivity index (χ3n) is 6.96. The SMILES string of the molecule is NC(=O)c1cc(CCO)cc(-c2ccc3c(c2)CN(CC2CC2)CCN3c2ccc(C(F)(F)F)cc2)n1. The van der Waals surface area contributed by atoms with Gasteiger partial charge in [0.25, 0.3) is 5.91 Å². The molecule has 0 saturated heterocycles. The molecule has 37 heavy (non-hydrogen) atoms. The number of aliphatic hydroxyl groups is 1. The molecule has 1 fully saturated rings. The van der Waals surface area contributed by atoms with Crippen molar-refractivity contribution in [2.45, 2.75) is 32.0 Å². The Morgan fingerprint density at radius 1 is 1.05 bits per heavy atom. The van der Waals surface area contributed by atoms with Crippen LogP contribution in [0.5, 0.6) is 0 Å². The van der Waals surface area contributed by atoms with Crippen molar-refractivity contribution in [3.05, 3.63) is 77.0 Å². The van der Waals surface area contributed by atoms with E-state index in [1.165, 1.54) is 25.0 Å². The predicted octanol–water partition coefficient (Wildman–Crippen LogP) is 4.76. The quantitative estimate of drug-likeness (QED) is 0.479. The van der Waals surface area contributed by atoms with E-state index in [1.807, 2.05) is 24.3 Å². The van der Waals surface area contributed by atoms with Crippen LogP contribution in [-0.4, -0.2) is 47.1 Å². The molecule has 2 aliphatic rings. The molecule has 2 heterocycles. The number of aromatic nitrogens is 1. The monoisotopic (exact) mass is 510 g/mol. The van der Waals surface area contributed by atoms with Gasteiger partial charge in [0.1, 0.15) is 5.69 Å². The van der Waals surface area contributed by atoms with E-state index in [0.717, 1.165) is 47.6 Å². The first-order chi connectivity index (χ1) is 17.7. The van der Waals surface area contributed by atoms with Crippen molar-refractivity contribution < 1.29 is 23.1 Å². The molecule has 0 atom stereocenters. The third-order valence-corrected chi connectivity index (χ3v) is 6.96. The molecule has 2 aromatic carbocycles. The number of nitrogens with zero attached hydrogens (tertiary/aromatic N) is 3. The number of carbonyl (C=O) groups is 1. The van der Waals surface area contributed by atoms with Crippen molar-refractivity contribution in [2.75, 3.05) is 31.1 Å². The molecule has 1 aliphatic heterocycles. The lowest BCUT2D eigenvalue weighted by Crippen LogP contribution is -2.30. The summed E-state index contributed by atoms with van der Waals surface area (Å²) in [5.41, 5.74) is 9.79. The van der Waals surface area contributed by atoms with Gasteiger partial charge in [-0.05, 0) is 84.8 Å². The number of carbonyl (C=O) groups excluding carboxylic acids is 1. The molecule has 0 spiro atoms. The van der Waals surface area contributed by atoms with Crippen LogP contribution in [0.3, 0.4) is 0 Å². The lowest BCUT2D eigenvalue weighted by atomic mass is 10.0. The molecule has 0 radical (unpaired) electrons. The summed E-state index contributed by atoms with van der Waals surface area (Å²) in [6, 6.07) is 14.6. The first-order valence-corrected chi connectivity index (χ1v) is 12.4. The number of primary amides is 1. The van der Waals surface area contributed by atoms with E-state index in [9.17, 15) is 23.1 Å². The normalized spacial score (nSPS) is 16.4. The topological polar surface area (TPSA) is 82.7 Å². The number of nitrogens with two attached hydrogens (primary N) is 1. The number of fused-ring (bicyclic) bond motifs is 1. The minimum Gasteiger partial charge on any atom is -0.396 e. The van der Waals surface area contributed by atoms with Crippen LogP contribution in [0.25, 0.3) is 11.3 Å². The van der Waals surface area contributed by atoms with Crippen LogP contribution in [0.2, 0.25) is 0 Å². The molecule has 6 nitrogen and oxygen atoms in total. The zero-order chi connectivity index (χ0) is 26.2. The molecule has 3 aromatic rings. The second-order valence-corrected chi connectivity index (χ2v) is 9.80. The fourth-order valence-corrected chi connectivity index (χ4v) is 4.87. The van der Waals surface area contributed by atoms with Gasteiger partial charge in [0.05, 0.1) is 11.3 Å². The molecule has 1 aliphatic carbocycles. The van der Waals surface area contributed by atoms with Gasteiger partial charge in [0.15, 0.2) is 0 Å². The van der Waals surface area contributed by atoms with E-state index < -0.39 is 17.6 Å². The summed E-state index contributed by atoms with van der Waals surface area (Å²) in [7, 11) is 0. The Balaban J connectivity index is 1.54. The zero-order valence-electron chi connectivity index (χ0n) is 20.3. The Morgan fingerprint density at radius 2 is 1.81 bits per heavy atom. The Labute approximate surface area is 213 Å². The largest absolute Gasteiger partial charge is 0.416 e. The molecule has 0 unspecified atom stereocenters. The number of halogens is 3. The van der Waals surface area contributed by atoms with Gasteiger partial charge in [0.2, 0.25) is 0 Å². The maximum absolute atomic E-state index is 13.1. The average molecular weight is 511 g/mol. The fraction of sp³-hybridized carbons (Fsp3) is 0.357. The highest BCUT2D eigenvalue weighted by Gasteiger charge is 2.31. The van der Waals surface area contributed by atoms with Crippen LogP contribution >= 0.6 is 0 Å². The van der Waals surface area contributed by atoms with Crippen LogP contribution in [0.15, 0.2) is 54.6 Å². The molecule has 1 amide bonds. The Morgan fingerprint density at radius 3 is 2.46 bits per heavy atom. The number of aliphatic hydroxyl groups excluding tert-OH is 1. The van der Waals surface area contributed by atoms with Gasteiger partial charge in [-0.25, -0.2) is 4.98 Å². The molecule has 3 N–H and O–H groups in total. The van der Waals surface area contributed by atoms with Gasteiger partial charge in [-0.15, -0.1) is 0 Å². The summed E-state index contributed by atoms with van der Waals surface area (Å²) in [4.78, 5) is 20.8. The lowest BCUT2D eigenvalue weighted by molar-refractivity contribution is -0.137. The van der Waals surface area contributed by atoms with Crippen LogP contribution in [0.1, 0.15) is 40.0 Å². The van der Waals surface area contributed by atoms with Crippen molar-refractivity contribution in [2.24, 2.45) is 11.7 Å². The van der Waals surface area contributed by atoms with Crippen molar-refractivity contribution in [3.63, 3.8) is 0 Å². The molecular weight excluding hydrogens is 481 g/mol. The number of benzene rings is 2. The molecule has 1 aromatic heterocycles. The zero-order valence-corrected chi connectivity index (χ0v) is 20.3. The van der Waals surface area contributed by atoms with Crippen LogP contribution in [-0.2, 0) is 19.1 Å². The summed E-state index contributed by atoms with van der Waals surface area (Å²) in [6.45, 7) is 3.07. The number of rotatable bonds is 7. The van der Waals surface area contributed by atoms with Crippen molar-refractivity contribution in [1.29, 1.82) is 0 Å². The Bertz CT molecular complexity index is 1290. The minimum absolute atomic E-state index is 0.0654.